The first-order valence-corrected chi connectivity index (χ1v) is 9.26. The first-order chi connectivity index (χ1) is 7.97. The Morgan fingerprint density at radius 3 is 2.71 bits per heavy atom. The summed E-state index contributed by atoms with van der Waals surface area (Å²) in [5, 5.41) is 0.962. The lowest BCUT2D eigenvalue weighted by Crippen LogP contribution is -2.37. The molecule has 0 aromatic carbocycles. The van der Waals surface area contributed by atoms with Crippen molar-refractivity contribution in [3.8, 4) is 0 Å². The van der Waals surface area contributed by atoms with Gasteiger partial charge >= 0.3 is 0 Å². The van der Waals surface area contributed by atoms with Crippen LogP contribution in [0.1, 0.15) is 46.0 Å². The van der Waals surface area contributed by atoms with E-state index >= 15 is 0 Å². The van der Waals surface area contributed by atoms with Gasteiger partial charge in [0.15, 0.2) is 0 Å². The smallest absolute Gasteiger partial charge is 0.212 e. The normalized spacial score (nSPS) is 22.5. The van der Waals surface area contributed by atoms with Crippen LogP contribution in [0.25, 0.3) is 0 Å². The molecule has 3 nitrogen and oxygen atoms in total. The van der Waals surface area contributed by atoms with Crippen molar-refractivity contribution in [3.05, 3.63) is 0 Å². The van der Waals surface area contributed by atoms with Crippen molar-refractivity contribution in [2.45, 2.75) is 52.0 Å². The van der Waals surface area contributed by atoms with E-state index in [9.17, 15) is 8.42 Å². The predicted octanol–water partition coefficient (Wildman–Crippen LogP) is 3.00. The average Bonchev–Trinajstić information content (AvgIpc) is 2.72. The van der Waals surface area contributed by atoms with Gasteiger partial charge < -0.3 is 0 Å². The summed E-state index contributed by atoms with van der Waals surface area (Å²) in [5.74, 6) is 0.767. The highest BCUT2D eigenvalue weighted by Gasteiger charge is 2.33. The van der Waals surface area contributed by atoms with Crippen LogP contribution in [0.4, 0.5) is 0 Å². The fourth-order valence-corrected chi connectivity index (χ4v) is 4.68. The van der Waals surface area contributed by atoms with Gasteiger partial charge in [-0.1, -0.05) is 29.8 Å². The summed E-state index contributed by atoms with van der Waals surface area (Å²) in [6.07, 6.45) is 4.87. The van der Waals surface area contributed by atoms with Gasteiger partial charge in [-0.15, -0.1) is 0 Å². The van der Waals surface area contributed by atoms with Crippen LogP contribution in [0.2, 0.25) is 0 Å². The summed E-state index contributed by atoms with van der Waals surface area (Å²) in [6, 6.07) is 0.254. The number of hydrogen-bond donors (Lipinski definition) is 0. The van der Waals surface area contributed by atoms with Gasteiger partial charge in [-0.25, -0.2) is 8.42 Å². The maximum Gasteiger partial charge on any atom is 0.214 e. The van der Waals surface area contributed by atoms with E-state index < -0.39 is 10.0 Å². The van der Waals surface area contributed by atoms with E-state index in [1.807, 2.05) is 0 Å². The first-order valence-electron chi connectivity index (χ1n) is 6.53. The zero-order valence-electron chi connectivity index (χ0n) is 10.9. The van der Waals surface area contributed by atoms with Crippen molar-refractivity contribution in [2.24, 2.45) is 5.92 Å². The van der Waals surface area contributed by atoms with Crippen LogP contribution in [0.3, 0.4) is 0 Å². The molecule has 1 fully saturated rings. The van der Waals surface area contributed by atoms with Crippen LogP contribution in [0, 0.1) is 5.92 Å². The number of nitrogens with zero attached hydrogens (tertiary/aromatic N) is 1. The van der Waals surface area contributed by atoms with Crippen molar-refractivity contribution < 1.29 is 8.42 Å². The molecule has 1 atom stereocenters. The predicted molar refractivity (Wildman–Crippen MR) is 76.0 cm³/mol. The quantitative estimate of drug-likeness (QED) is 0.675. The minimum absolute atomic E-state index is 0.254. The third-order valence-electron chi connectivity index (χ3n) is 3.30. The Labute approximate surface area is 114 Å². The average molecular weight is 326 g/mol. The van der Waals surface area contributed by atoms with Crippen LogP contribution >= 0.6 is 15.9 Å². The van der Waals surface area contributed by atoms with Gasteiger partial charge in [-0.05, 0) is 38.0 Å². The van der Waals surface area contributed by atoms with Crippen LogP contribution in [0.5, 0.6) is 0 Å². The van der Waals surface area contributed by atoms with Gasteiger partial charge in [0.2, 0.25) is 10.0 Å². The molecule has 1 aliphatic rings. The highest BCUT2D eigenvalue weighted by atomic mass is 79.9. The van der Waals surface area contributed by atoms with Gasteiger partial charge in [0, 0.05) is 17.9 Å². The summed E-state index contributed by atoms with van der Waals surface area (Å²) >= 11 is 3.41. The second-order valence-electron chi connectivity index (χ2n) is 5.24. The third kappa shape index (κ3) is 4.87. The Balaban J connectivity index is 2.56. The maximum atomic E-state index is 12.2. The topological polar surface area (TPSA) is 37.4 Å². The molecule has 0 bridgehead atoms. The lowest BCUT2D eigenvalue weighted by Gasteiger charge is -2.24. The molecular formula is C12H24BrNO2S. The Morgan fingerprint density at radius 2 is 2.12 bits per heavy atom. The third-order valence-corrected chi connectivity index (χ3v) is 5.81. The molecule has 1 unspecified atom stereocenters. The summed E-state index contributed by atoms with van der Waals surface area (Å²) in [6.45, 7) is 4.87. The van der Waals surface area contributed by atoms with E-state index in [0.717, 1.165) is 44.0 Å². The maximum absolute atomic E-state index is 12.2. The van der Waals surface area contributed by atoms with Crippen LogP contribution < -0.4 is 0 Å². The number of rotatable bonds is 7. The molecule has 1 aliphatic heterocycles. The van der Waals surface area contributed by atoms with Crippen molar-refractivity contribution in [2.75, 3.05) is 17.6 Å². The van der Waals surface area contributed by atoms with Crippen molar-refractivity contribution in [1.29, 1.82) is 0 Å². The van der Waals surface area contributed by atoms with Crippen LogP contribution in [-0.4, -0.2) is 36.4 Å². The van der Waals surface area contributed by atoms with Crippen LogP contribution in [0.15, 0.2) is 0 Å². The minimum atomic E-state index is -3.02. The van der Waals surface area contributed by atoms with Crippen LogP contribution in [-0.2, 0) is 10.0 Å². The molecule has 0 amide bonds. The largest absolute Gasteiger partial charge is 0.214 e. The van der Waals surface area contributed by atoms with E-state index in [4.69, 9.17) is 0 Å². The van der Waals surface area contributed by atoms with Crippen molar-refractivity contribution >= 4 is 26.0 Å². The summed E-state index contributed by atoms with van der Waals surface area (Å²) in [5.41, 5.74) is 0. The fraction of sp³-hybridized carbons (Fsp3) is 1.00. The van der Waals surface area contributed by atoms with Gasteiger partial charge in [-0.3, -0.25) is 0 Å². The molecule has 0 saturated carbocycles. The SMILES string of the molecule is CC(C)CCS(=O)(=O)N1CCCC1CCCBr. The second-order valence-corrected chi connectivity index (χ2v) is 8.07. The van der Waals surface area contributed by atoms with E-state index in [0.29, 0.717) is 11.7 Å². The van der Waals surface area contributed by atoms with Crippen molar-refractivity contribution in [3.63, 3.8) is 0 Å². The summed E-state index contributed by atoms with van der Waals surface area (Å²) in [7, 11) is -3.02. The molecular weight excluding hydrogens is 302 g/mol. The molecule has 102 valence electrons. The van der Waals surface area contributed by atoms with Gasteiger partial charge in [0.25, 0.3) is 0 Å². The lowest BCUT2D eigenvalue weighted by atomic mass is 10.1. The Hall–Kier alpha value is 0.390. The number of halogens is 1. The van der Waals surface area contributed by atoms with E-state index in [2.05, 4.69) is 29.8 Å². The molecule has 1 heterocycles. The van der Waals surface area contributed by atoms with E-state index in [1.54, 1.807) is 4.31 Å². The van der Waals surface area contributed by atoms with Gasteiger partial charge in [0.1, 0.15) is 0 Å². The summed E-state index contributed by atoms with van der Waals surface area (Å²) in [4.78, 5) is 0. The van der Waals surface area contributed by atoms with Gasteiger partial charge in [-0.2, -0.15) is 4.31 Å². The standard InChI is InChI=1S/C12H24BrNO2S/c1-11(2)7-10-17(15,16)14-9-4-6-12(14)5-3-8-13/h11-12H,3-10H2,1-2H3. The molecule has 0 aromatic heterocycles. The molecule has 1 rings (SSSR count). The summed E-state index contributed by atoms with van der Waals surface area (Å²) < 4.78 is 26.2. The molecule has 0 spiro atoms. The zero-order chi connectivity index (χ0) is 12.9. The molecule has 0 aliphatic carbocycles. The molecule has 17 heavy (non-hydrogen) atoms. The zero-order valence-corrected chi connectivity index (χ0v) is 13.3. The Kier molecular flexibility index (Phi) is 6.45. The van der Waals surface area contributed by atoms with Crippen molar-refractivity contribution in [1.82, 2.24) is 4.31 Å². The van der Waals surface area contributed by atoms with E-state index in [-0.39, 0.29) is 6.04 Å². The second kappa shape index (κ2) is 7.10. The fourth-order valence-electron chi connectivity index (χ4n) is 2.28. The Morgan fingerprint density at radius 1 is 1.41 bits per heavy atom. The molecule has 5 heteroatoms. The highest BCUT2D eigenvalue weighted by Crippen LogP contribution is 2.25. The molecule has 1 saturated heterocycles. The Bertz CT molecular complexity index is 316. The highest BCUT2D eigenvalue weighted by molar-refractivity contribution is 9.09. The molecule has 0 aromatic rings. The minimum Gasteiger partial charge on any atom is -0.212 e. The number of sulfonamides is 1. The molecule has 0 N–H and O–H groups in total. The first kappa shape index (κ1) is 15.4. The number of hydrogen-bond acceptors (Lipinski definition) is 2. The monoisotopic (exact) mass is 325 g/mol. The molecule has 0 radical (unpaired) electrons. The van der Waals surface area contributed by atoms with Gasteiger partial charge in [0.05, 0.1) is 5.75 Å². The van der Waals surface area contributed by atoms with E-state index in [1.165, 1.54) is 0 Å². The lowest BCUT2D eigenvalue weighted by molar-refractivity contribution is 0.367. The number of alkyl halides is 1.